The average Bonchev–Trinajstić information content (AvgIpc) is 2.37. The maximum Gasteiger partial charge on any atom is 0.242 e. The molecule has 1 aromatic carbocycles. The lowest BCUT2D eigenvalue weighted by atomic mass is 10.2. The van der Waals surface area contributed by atoms with Gasteiger partial charge in [0.25, 0.3) is 0 Å². The van der Waals surface area contributed by atoms with Crippen LogP contribution in [0.5, 0.6) is 0 Å². The van der Waals surface area contributed by atoms with Crippen molar-refractivity contribution in [1.29, 1.82) is 0 Å². The Hall–Kier alpha value is -0.733. The van der Waals surface area contributed by atoms with Crippen LogP contribution < -0.4 is 4.72 Å². The van der Waals surface area contributed by atoms with Crippen molar-refractivity contribution in [2.24, 2.45) is 0 Å². The molecule has 0 heterocycles. The fourth-order valence-electron chi connectivity index (χ4n) is 1.65. The van der Waals surface area contributed by atoms with E-state index in [1.807, 2.05) is 0 Å². The Balaban J connectivity index is 2.52. The summed E-state index contributed by atoms with van der Waals surface area (Å²) in [5, 5.41) is 8.90. The van der Waals surface area contributed by atoms with Crippen molar-refractivity contribution in [3.8, 4) is 0 Å². The molecule has 120 valence electrons. The van der Waals surface area contributed by atoms with Gasteiger partial charge in [0.05, 0.1) is 4.90 Å². The van der Waals surface area contributed by atoms with Crippen LogP contribution in [0.2, 0.25) is 25.7 Å². The minimum Gasteiger partial charge on any atom is -0.396 e. The Kier molecular flexibility index (Phi) is 7.02. The number of benzene rings is 1. The first-order valence-corrected chi connectivity index (χ1v) is 12.2. The highest BCUT2D eigenvalue weighted by molar-refractivity contribution is 7.89. The van der Waals surface area contributed by atoms with E-state index in [0.717, 1.165) is 11.6 Å². The van der Waals surface area contributed by atoms with Gasteiger partial charge >= 0.3 is 0 Å². The molecule has 0 saturated carbocycles. The molecule has 5 nitrogen and oxygen atoms in total. The Bertz CT molecular complexity index is 540. The molecule has 0 saturated heterocycles. The molecule has 21 heavy (non-hydrogen) atoms. The van der Waals surface area contributed by atoms with Crippen LogP contribution in [0.1, 0.15) is 5.56 Å². The normalized spacial score (nSPS) is 12.6. The molecule has 0 aliphatic carbocycles. The van der Waals surface area contributed by atoms with E-state index in [9.17, 15) is 8.42 Å². The summed E-state index contributed by atoms with van der Waals surface area (Å²) in [6, 6.07) is 7.57. The van der Waals surface area contributed by atoms with Gasteiger partial charge in [-0.2, -0.15) is 4.72 Å². The largest absolute Gasteiger partial charge is 0.396 e. The lowest BCUT2D eigenvalue weighted by molar-refractivity contribution is 0.143. The Morgan fingerprint density at radius 1 is 1.29 bits per heavy atom. The SMILES string of the molecule is C[Si](C)(C)CCOCNS(=O)(=O)c1cccc(CCO)c1. The van der Waals surface area contributed by atoms with Crippen molar-refractivity contribution in [3.63, 3.8) is 0 Å². The number of aliphatic hydroxyl groups excluding tert-OH is 1. The van der Waals surface area contributed by atoms with Gasteiger partial charge in [-0.25, -0.2) is 8.42 Å². The minimum absolute atomic E-state index is 0.00324. The van der Waals surface area contributed by atoms with Crippen molar-refractivity contribution in [2.45, 2.75) is 37.0 Å². The lowest BCUT2D eigenvalue weighted by Crippen LogP contribution is -2.28. The third-order valence-corrected chi connectivity index (χ3v) is 6.03. The maximum atomic E-state index is 12.1. The number of sulfonamides is 1. The molecule has 0 aliphatic heterocycles. The molecule has 0 aliphatic rings. The van der Waals surface area contributed by atoms with Gasteiger partial charge in [-0.15, -0.1) is 0 Å². The van der Waals surface area contributed by atoms with Crippen LogP contribution >= 0.6 is 0 Å². The number of nitrogens with one attached hydrogen (secondary N) is 1. The van der Waals surface area contributed by atoms with E-state index in [-0.39, 0.29) is 18.2 Å². The quantitative estimate of drug-likeness (QED) is 0.411. The van der Waals surface area contributed by atoms with Gasteiger partial charge < -0.3 is 9.84 Å². The summed E-state index contributed by atoms with van der Waals surface area (Å²) in [4.78, 5) is 0.197. The van der Waals surface area contributed by atoms with Crippen LogP contribution in [0.3, 0.4) is 0 Å². The Morgan fingerprint density at radius 2 is 2.00 bits per heavy atom. The first-order valence-electron chi connectivity index (χ1n) is 7.02. The summed E-state index contributed by atoms with van der Waals surface area (Å²) < 4.78 is 32.0. The second-order valence-electron chi connectivity index (χ2n) is 6.13. The molecule has 0 bridgehead atoms. The third-order valence-electron chi connectivity index (χ3n) is 2.96. The zero-order valence-electron chi connectivity index (χ0n) is 12.9. The van der Waals surface area contributed by atoms with Gasteiger partial charge in [0.1, 0.15) is 6.73 Å². The van der Waals surface area contributed by atoms with Gasteiger partial charge in [0.15, 0.2) is 0 Å². The third kappa shape index (κ3) is 7.19. The van der Waals surface area contributed by atoms with Gasteiger partial charge in [-0.05, 0) is 30.2 Å². The zero-order chi connectivity index (χ0) is 15.9. The van der Waals surface area contributed by atoms with E-state index in [1.165, 1.54) is 6.07 Å². The fraction of sp³-hybridized carbons (Fsp3) is 0.571. The van der Waals surface area contributed by atoms with Crippen molar-refractivity contribution in [2.75, 3.05) is 19.9 Å². The van der Waals surface area contributed by atoms with Crippen molar-refractivity contribution in [1.82, 2.24) is 4.72 Å². The smallest absolute Gasteiger partial charge is 0.242 e. The highest BCUT2D eigenvalue weighted by atomic mass is 32.2. The molecule has 2 N–H and O–H groups in total. The van der Waals surface area contributed by atoms with Gasteiger partial charge in [0, 0.05) is 21.3 Å². The van der Waals surface area contributed by atoms with E-state index < -0.39 is 18.1 Å². The predicted octanol–water partition coefficient (Wildman–Crippen LogP) is 1.81. The van der Waals surface area contributed by atoms with Crippen LogP contribution in [0.4, 0.5) is 0 Å². The van der Waals surface area contributed by atoms with Crippen LogP contribution in [-0.2, 0) is 21.2 Å². The molecular weight excluding hydrogens is 306 g/mol. The van der Waals surface area contributed by atoms with Gasteiger partial charge in [0.2, 0.25) is 10.0 Å². The van der Waals surface area contributed by atoms with E-state index in [4.69, 9.17) is 9.84 Å². The number of ether oxygens (including phenoxy) is 1. The summed E-state index contributed by atoms with van der Waals surface area (Å²) in [5.41, 5.74) is 0.792. The average molecular weight is 332 g/mol. The first-order chi connectivity index (χ1) is 9.74. The summed E-state index contributed by atoms with van der Waals surface area (Å²) >= 11 is 0. The van der Waals surface area contributed by atoms with Crippen LogP contribution in [0, 0.1) is 0 Å². The molecule has 1 rings (SSSR count). The molecule has 0 amide bonds. The number of hydrogen-bond acceptors (Lipinski definition) is 4. The number of rotatable bonds is 9. The fourth-order valence-corrected chi connectivity index (χ4v) is 3.38. The first kappa shape index (κ1) is 18.3. The minimum atomic E-state index is -3.56. The van der Waals surface area contributed by atoms with E-state index >= 15 is 0 Å². The molecule has 0 unspecified atom stereocenters. The number of hydrogen-bond donors (Lipinski definition) is 2. The Morgan fingerprint density at radius 3 is 2.62 bits per heavy atom. The highest BCUT2D eigenvalue weighted by Gasteiger charge is 2.15. The summed E-state index contributed by atoms with van der Waals surface area (Å²) in [6.07, 6.45) is 0.441. The highest BCUT2D eigenvalue weighted by Crippen LogP contribution is 2.12. The zero-order valence-corrected chi connectivity index (χ0v) is 14.7. The molecular formula is C14H25NO4SSi. The predicted molar refractivity (Wildman–Crippen MR) is 86.5 cm³/mol. The molecule has 0 spiro atoms. The molecule has 0 fully saturated rings. The Labute approximate surface area is 128 Å². The molecule has 1 aromatic rings. The van der Waals surface area contributed by atoms with Crippen LogP contribution in [0.25, 0.3) is 0 Å². The summed E-state index contributed by atoms with van der Waals surface area (Å²) in [7, 11) is -4.72. The monoisotopic (exact) mass is 331 g/mol. The van der Waals surface area contributed by atoms with Crippen LogP contribution in [0.15, 0.2) is 29.2 Å². The molecule has 0 aromatic heterocycles. The van der Waals surface area contributed by atoms with Gasteiger partial charge in [-0.3, -0.25) is 0 Å². The van der Waals surface area contributed by atoms with Crippen LogP contribution in [-0.4, -0.2) is 41.5 Å². The molecule has 7 heteroatoms. The number of aliphatic hydroxyl groups is 1. The summed E-state index contributed by atoms with van der Waals surface area (Å²) in [5.74, 6) is 0. The lowest BCUT2D eigenvalue weighted by Gasteiger charge is -2.15. The second kappa shape index (κ2) is 8.05. The van der Waals surface area contributed by atoms with Crippen molar-refractivity contribution >= 4 is 18.1 Å². The van der Waals surface area contributed by atoms with E-state index in [1.54, 1.807) is 18.2 Å². The standard InChI is InChI=1S/C14H25NO4SSi/c1-21(2,3)10-9-19-12-15-20(17,18)14-6-4-5-13(11-14)7-8-16/h4-6,11,15-16H,7-10,12H2,1-3H3. The van der Waals surface area contributed by atoms with Gasteiger partial charge in [-0.1, -0.05) is 31.8 Å². The summed E-state index contributed by atoms with van der Waals surface area (Å²) in [6.45, 7) is 7.28. The molecule has 0 radical (unpaired) electrons. The topological polar surface area (TPSA) is 75.6 Å². The second-order valence-corrected chi connectivity index (χ2v) is 13.5. The van der Waals surface area contributed by atoms with Crippen molar-refractivity contribution < 1.29 is 18.3 Å². The van der Waals surface area contributed by atoms with E-state index in [0.29, 0.717) is 13.0 Å². The maximum absolute atomic E-state index is 12.1. The van der Waals surface area contributed by atoms with Crippen molar-refractivity contribution in [3.05, 3.63) is 29.8 Å². The molecule has 0 atom stereocenters. The van der Waals surface area contributed by atoms with E-state index in [2.05, 4.69) is 24.4 Å².